The molecule has 5 heteroatoms. The molecule has 1 aromatic rings. The molecule has 1 amide bonds. The number of amides is 1. The van der Waals surface area contributed by atoms with Gasteiger partial charge in [-0.1, -0.05) is 20.8 Å². The summed E-state index contributed by atoms with van der Waals surface area (Å²) >= 11 is 0. The molecule has 3 heterocycles. The van der Waals surface area contributed by atoms with Gasteiger partial charge in [-0.05, 0) is 57.0 Å². The molecule has 0 aromatic carbocycles. The number of carbonyl (C=O) groups is 1. The summed E-state index contributed by atoms with van der Waals surface area (Å²) in [4.78, 5) is 26.1. The first kappa shape index (κ1) is 19.3. The third-order valence-corrected chi connectivity index (χ3v) is 6.29. The van der Waals surface area contributed by atoms with Crippen LogP contribution in [0.1, 0.15) is 63.8 Å². The normalized spacial score (nSPS) is 20.7. The number of likely N-dealkylation sites (tertiary alicyclic amines) is 2. The van der Waals surface area contributed by atoms with Crippen molar-refractivity contribution in [2.24, 2.45) is 11.8 Å². The third kappa shape index (κ3) is 4.81. The first-order valence-corrected chi connectivity index (χ1v) is 10.4. The van der Waals surface area contributed by atoms with Gasteiger partial charge in [-0.3, -0.25) is 19.7 Å². The quantitative estimate of drug-likeness (QED) is 0.811. The largest absolute Gasteiger partial charge is 0.342 e. The van der Waals surface area contributed by atoms with E-state index in [1.165, 1.54) is 0 Å². The Kier molecular flexibility index (Phi) is 6.63. The zero-order valence-electron chi connectivity index (χ0n) is 16.7. The molecule has 2 aliphatic heterocycles. The molecule has 2 saturated heterocycles. The Hall–Kier alpha value is -1.49. The predicted octanol–water partition coefficient (Wildman–Crippen LogP) is 3.11. The minimum atomic E-state index is 0.317. The monoisotopic (exact) mass is 358 g/mol. The van der Waals surface area contributed by atoms with Crippen LogP contribution in [-0.2, 0) is 11.2 Å². The standard InChI is InChI=1S/C21H34N4O/c1-4-19-13-23-20(14-22-19)18-5-9-24(10-6-18)15-21(26)25-11-7-17(8-12-25)16(2)3/h13-14,16-18H,4-12,15H2,1-3H3. The van der Waals surface area contributed by atoms with Crippen molar-refractivity contribution in [3.8, 4) is 0 Å². The van der Waals surface area contributed by atoms with Gasteiger partial charge in [0.15, 0.2) is 0 Å². The number of hydrogen-bond donors (Lipinski definition) is 0. The maximum Gasteiger partial charge on any atom is 0.236 e. The average molecular weight is 359 g/mol. The van der Waals surface area contributed by atoms with Crippen molar-refractivity contribution in [3.63, 3.8) is 0 Å². The molecule has 0 unspecified atom stereocenters. The highest BCUT2D eigenvalue weighted by Gasteiger charge is 2.27. The fourth-order valence-electron chi connectivity index (χ4n) is 4.25. The molecular formula is C21H34N4O. The summed E-state index contributed by atoms with van der Waals surface area (Å²) in [6.45, 7) is 11.1. The highest BCUT2D eigenvalue weighted by Crippen LogP contribution is 2.27. The van der Waals surface area contributed by atoms with Gasteiger partial charge in [-0.15, -0.1) is 0 Å². The summed E-state index contributed by atoms with van der Waals surface area (Å²) in [6.07, 6.45) is 9.26. The summed E-state index contributed by atoms with van der Waals surface area (Å²) in [5, 5.41) is 0. The molecule has 0 atom stereocenters. The van der Waals surface area contributed by atoms with E-state index in [-0.39, 0.29) is 0 Å². The number of hydrogen-bond acceptors (Lipinski definition) is 4. The van der Waals surface area contributed by atoms with Crippen molar-refractivity contribution in [2.45, 2.75) is 58.8 Å². The number of aromatic nitrogens is 2. The highest BCUT2D eigenvalue weighted by atomic mass is 16.2. The maximum absolute atomic E-state index is 12.6. The van der Waals surface area contributed by atoms with Gasteiger partial charge in [0.05, 0.1) is 17.9 Å². The number of aryl methyl sites for hydroxylation is 1. The second-order valence-corrected chi connectivity index (χ2v) is 8.30. The van der Waals surface area contributed by atoms with Crippen LogP contribution < -0.4 is 0 Å². The van der Waals surface area contributed by atoms with Crippen molar-refractivity contribution < 1.29 is 4.79 Å². The molecule has 3 rings (SSSR count). The van der Waals surface area contributed by atoms with Crippen molar-refractivity contribution >= 4 is 5.91 Å². The lowest BCUT2D eigenvalue weighted by Crippen LogP contribution is -2.46. The van der Waals surface area contributed by atoms with E-state index in [4.69, 9.17) is 0 Å². The number of carbonyl (C=O) groups excluding carboxylic acids is 1. The molecule has 0 spiro atoms. The fraction of sp³-hybridized carbons (Fsp3) is 0.762. The van der Waals surface area contributed by atoms with Crippen LogP contribution >= 0.6 is 0 Å². The van der Waals surface area contributed by atoms with E-state index >= 15 is 0 Å². The highest BCUT2D eigenvalue weighted by molar-refractivity contribution is 5.78. The SMILES string of the molecule is CCc1cnc(C2CCN(CC(=O)N3CCC(C(C)C)CC3)CC2)cn1. The summed E-state index contributed by atoms with van der Waals surface area (Å²) in [7, 11) is 0. The number of nitrogens with zero attached hydrogens (tertiary/aromatic N) is 4. The third-order valence-electron chi connectivity index (χ3n) is 6.29. The summed E-state index contributed by atoms with van der Waals surface area (Å²) in [5.41, 5.74) is 2.17. The Balaban J connectivity index is 1.43. The fourth-order valence-corrected chi connectivity index (χ4v) is 4.25. The van der Waals surface area contributed by atoms with Crippen molar-refractivity contribution in [1.82, 2.24) is 19.8 Å². The minimum Gasteiger partial charge on any atom is -0.342 e. The molecular weight excluding hydrogens is 324 g/mol. The Morgan fingerprint density at radius 1 is 1.08 bits per heavy atom. The van der Waals surface area contributed by atoms with Gasteiger partial charge in [-0.25, -0.2) is 0 Å². The van der Waals surface area contributed by atoms with Crippen LogP contribution in [-0.4, -0.2) is 58.4 Å². The predicted molar refractivity (Wildman–Crippen MR) is 104 cm³/mol. The van der Waals surface area contributed by atoms with E-state index in [2.05, 4.69) is 40.5 Å². The minimum absolute atomic E-state index is 0.317. The van der Waals surface area contributed by atoms with Crippen LogP contribution in [0.15, 0.2) is 12.4 Å². The first-order chi connectivity index (χ1) is 12.6. The summed E-state index contributed by atoms with van der Waals surface area (Å²) < 4.78 is 0. The van der Waals surface area contributed by atoms with Crippen molar-refractivity contribution in [2.75, 3.05) is 32.7 Å². The van der Waals surface area contributed by atoms with Gasteiger partial charge in [0.2, 0.25) is 5.91 Å². The number of piperidine rings is 2. The molecule has 1 aromatic heterocycles. The Morgan fingerprint density at radius 2 is 1.77 bits per heavy atom. The Bertz CT molecular complexity index is 570. The van der Waals surface area contributed by atoms with Gasteiger partial charge in [-0.2, -0.15) is 0 Å². The number of rotatable bonds is 5. The van der Waals surface area contributed by atoms with E-state index in [1.54, 1.807) is 0 Å². The molecule has 2 fully saturated rings. The van der Waals surface area contributed by atoms with Gasteiger partial charge < -0.3 is 4.90 Å². The molecule has 0 saturated carbocycles. The molecule has 2 aliphatic rings. The zero-order chi connectivity index (χ0) is 18.5. The smallest absolute Gasteiger partial charge is 0.236 e. The van der Waals surface area contributed by atoms with Gasteiger partial charge >= 0.3 is 0 Å². The molecule has 0 radical (unpaired) electrons. The average Bonchev–Trinajstić information content (AvgIpc) is 2.68. The molecule has 26 heavy (non-hydrogen) atoms. The van der Waals surface area contributed by atoms with E-state index in [0.717, 1.165) is 81.5 Å². The van der Waals surface area contributed by atoms with Crippen LogP contribution in [0.25, 0.3) is 0 Å². The molecule has 144 valence electrons. The molecule has 0 aliphatic carbocycles. The van der Waals surface area contributed by atoms with Crippen LogP contribution in [0.4, 0.5) is 0 Å². The van der Waals surface area contributed by atoms with E-state index < -0.39 is 0 Å². The first-order valence-electron chi connectivity index (χ1n) is 10.4. The lowest BCUT2D eigenvalue weighted by molar-refractivity contribution is -0.134. The lowest BCUT2D eigenvalue weighted by Gasteiger charge is -2.36. The zero-order valence-corrected chi connectivity index (χ0v) is 16.7. The summed E-state index contributed by atoms with van der Waals surface area (Å²) in [5.74, 6) is 2.33. The molecule has 0 N–H and O–H groups in total. The van der Waals surface area contributed by atoms with Crippen LogP contribution in [0.2, 0.25) is 0 Å². The van der Waals surface area contributed by atoms with Crippen LogP contribution in [0.3, 0.4) is 0 Å². The second-order valence-electron chi connectivity index (χ2n) is 8.30. The van der Waals surface area contributed by atoms with E-state index in [1.807, 2.05) is 12.4 Å². The molecule has 5 nitrogen and oxygen atoms in total. The topological polar surface area (TPSA) is 49.3 Å². The van der Waals surface area contributed by atoms with Crippen LogP contribution in [0.5, 0.6) is 0 Å². The Labute approximate surface area is 158 Å². The maximum atomic E-state index is 12.6. The Morgan fingerprint density at radius 3 is 2.31 bits per heavy atom. The van der Waals surface area contributed by atoms with E-state index in [9.17, 15) is 4.79 Å². The van der Waals surface area contributed by atoms with Gasteiger partial charge in [0, 0.05) is 31.4 Å². The lowest BCUT2D eigenvalue weighted by atomic mass is 9.87. The molecule has 0 bridgehead atoms. The van der Waals surface area contributed by atoms with Crippen LogP contribution in [0, 0.1) is 11.8 Å². The van der Waals surface area contributed by atoms with Crippen molar-refractivity contribution in [1.29, 1.82) is 0 Å². The summed E-state index contributed by atoms with van der Waals surface area (Å²) in [6, 6.07) is 0. The second kappa shape index (κ2) is 8.94. The van der Waals surface area contributed by atoms with Gasteiger partial charge in [0.1, 0.15) is 0 Å². The van der Waals surface area contributed by atoms with E-state index in [0.29, 0.717) is 18.4 Å². The van der Waals surface area contributed by atoms with Crippen molar-refractivity contribution in [3.05, 3.63) is 23.8 Å². The van der Waals surface area contributed by atoms with Gasteiger partial charge in [0.25, 0.3) is 0 Å².